The van der Waals surface area contributed by atoms with Gasteiger partial charge in [-0.3, -0.25) is 9.59 Å². The lowest BCUT2D eigenvalue weighted by molar-refractivity contribution is -0.305. The Labute approximate surface area is 296 Å². The van der Waals surface area contributed by atoms with Crippen molar-refractivity contribution in [2.75, 3.05) is 19.8 Å². The van der Waals surface area contributed by atoms with Crippen LogP contribution in [0.25, 0.3) is 0 Å². The van der Waals surface area contributed by atoms with Crippen molar-refractivity contribution in [2.45, 2.75) is 211 Å². The molecule has 0 amide bonds. The number of esters is 2. The average Bonchev–Trinajstić information content (AvgIpc) is 3.09. The minimum absolute atomic E-state index is 0.163. The Morgan fingerprint density at radius 2 is 1.08 bits per heavy atom. The largest absolute Gasteiger partial charge is 0.462 e. The smallest absolute Gasteiger partial charge is 0.306 e. The molecule has 0 unspecified atom stereocenters. The van der Waals surface area contributed by atoms with E-state index >= 15 is 0 Å². The SMILES string of the molecule is CCCCCCCCCCCCCCCC(=O)O[C@H](COC(=O)CCCC[C@@H](O)CCCCCCC)CO[C@@H]1O[C@@H](CO)[C@H](O)[C@H](O)[C@@H]1O. The molecule has 0 radical (unpaired) electrons. The molecule has 0 aromatic heterocycles. The molecule has 7 atom stereocenters. The summed E-state index contributed by atoms with van der Waals surface area (Å²) >= 11 is 0. The maximum absolute atomic E-state index is 12.7. The van der Waals surface area contributed by atoms with Gasteiger partial charge in [0.05, 0.1) is 19.3 Å². The van der Waals surface area contributed by atoms with Gasteiger partial charge in [0.2, 0.25) is 0 Å². The van der Waals surface area contributed by atoms with E-state index in [9.17, 15) is 35.1 Å². The van der Waals surface area contributed by atoms with Crippen LogP contribution in [0.15, 0.2) is 0 Å². The van der Waals surface area contributed by atoms with Crippen molar-refractivity contribution in [3.8, 4) is 0 Å². The van der Waals surface area contributed by atoms with Gasteiger partial charge < -0.3 is 44.5 Å². The number of aliphatic hydroxyl groups excluding tert-OH is 5. The molecule has 1 saturated heterocycles. The maximum atomic E-state index is 12.7. The molecule has 0 bridgehead atoms. The van der Waals surface area contributed by atoms with Gasteiger partial charge in [0.1, 0.15) is 31.0 Å². The number of rotatable bonds is 32. The van der Waals surface area contributed by atoms with E-state index in [0.29, 0.717) is 25.7 Å². The molecule has 49 heavy (non-hydrogen) atoms. The van der Waals surface area contributed by atoms with Crippen LogP contribution in [0.2, 0.25) is 0 Å². The molecule has 11 heteroatoms. The molecule has 290 valence electrons. The molecule has 1 heterocycles. The third kappa shape index (κ3) is 23.0. The first-order valence-electron chi connectivity index (χ1n) is 19.7. The van der Waals surface area contributed by atoms with Crippen LogP contribution in [0.3, 0.4) is 0 Å². The predicted molar refractivity (Wildman–Crippen MR) is 189 cm³/mol. The van der Waals surface area contributed by atoms with Gasteiger partial charge in [0.15, 0.2) is 12.4 Å². The summed E-state index contributed by atoms with van der Waals surface area (Å²) in [4.78, 5) is 25.1. The molecule has 1 aliphatic heterocycles. The lowest BCUT2D eigenvalue weighted by Crippen LogP contribution is -2.59. The summed E-state index contributed by atoms with van der Waals surface area (Å²) in [7, 11) is 0. The van der Waals surface area contributed by atoms with Crippen LogP contribution in [-0.2, 0) is 28.5 Å². The van der Waals surface area contributed by atoms with Gasteiger partial charge in [-0.2, -0.15) is 0 Å². The van der Waals surface area contributed by atoms with Crippen LogP contribution in [0.4, 0.5) is 0 Å². The molecular weight excluding hydrogens is 632 g/mol. The summed E-state index contributed by atoms with van der Waals surface area (Å²) in [6, 6.07) is 0. The number of carbonyl (C=O) groups is 2. The fraction of sp³-hybridized carbons (Fsp3) is 0.947. The van der Waals surface area contributed by atoms with Crippen molar-refractivity contribution >= 4 is 11.9 Å². The van der Waals surface area contributed by atoms with E-state index in [1.54, 1.807) is 0 Å². The van der Waals surface area contributed by atoms with Gasteiger partial charge in [0.25, 0.3) is 0 Å². The Kier molecular flexibility index (Phi) is 28.2. The summed E-state index contributed by atoms with van der Waals surface area (Å²) in [5.74, 6) is -0.912. The third-order valence-electron chi connectivity index (χ3n) is 9.32. The first-order chi connectivity index (χ1) is 23.7. The lowest BCUT2D eigenvalue weighted by Gasteiger charge is -2.39. The zero-order chi connectivity index (χ0) is 36.1. The molecular formula is C38H72O11. The second-order valence-corrected chi connectivity index (χ2v) is 13.9. The third-order valence-corrected chi connectivity index (χ3v) is 9.32. The zero-order valence-electron chi connectivity index (χ0n) is 30.8. The van der Waals surface area contributed by atoms with Gasteiger partial charge in [-0.15, -0.1) is 0 Å². The first kappa shape index (κ1) is 45.7. The Morgan fingerprint density at radius 3 is 1.63 bits per heavy atom. The molecule has 0 aliphatic carbocycles. The van der Waals surface area contributed by atoms with E-state index in [2.05, 4.69) is 13.8 Å². The van der Waals surface area contributed by atoms with Crippen molar-refractivity contribution < 1.29 is 54.1 Å². The highest BCUT2D eigenvalue weighted by Gasteiger charge is 2.44. The van der Waals surface area contributed by atoms with Gasteiger partial charge in [0, 0.05) is 12.8 Å². The molecule has 1 rings (SSSR count). The van der Waals surface area contributed by atoms with Crippen molar-refractivity contribution in [3.63, 3.8) is 0 Å². The number of hydrogen-bond donors (Lipinski definition) is 5. The van der Waals surface area contributed by atoms with Crippen LogP contribution < -0.4 is 0 Å². The highest BCUT2D eigenvalue weighted by atomic mass is 16.7. The maximum Gasteiger partial charge on any atom is 0.306 e. The van der Waals surface area contributed by atoms with Crippen LogP contribution in [0, 0.1) is 0 Å². The van der Waals surface area contributed by atoms with Gasteiger partial charge in [-0.25, -0.2) is 0 Å². The minimum Gasteiger partial charge on any atom is -0.462 e. The number of hydrogen-bond acceptors (Lipinski definition) is 11. The van der Waals surface area contributed by atoms with Crippen molar-refractivity contribution in [2.24, 2.45) is 0 Å². The normalized spacial score (nSPS) is 22.1. The molecule has 1 aliphatic rings. The number of aliphatic hydroxyl groups is 5. The number of carbonyl (C=O) groups excluding carboxylic acids is 2. The molecule has 0 aromatic carbocycles. The van der Waals surface area contributed by atoms with E-state index in [-0.39, 0.29) is 32.2 Å². The summed E-state index contributed by atoms with van der Waals surface area (Å²) < 4.78 is 22.0. The Morgan fingerprint density at radius 1 is 0.612 bits per heavy atom. The molecule has 11 nitrogen and oxygen atoms in total. The molecule has 5 N–H and O–H groups in total. The summed E-state index contributed by atoms with van der Waals surface area (Å²) in [6.07, 6.45) is 15.7. The van der Waals surface area contributed by atoms with E-state index in [4.69, 9.17) is 18.9 Å². The standard InChI is InChI=1S/C38H72O11/c1-3-5-7-9-10-11-12-13-14-15-16-18-20-26-34(42)48-31(29-47-38-37(45)36(44)35(43)32(27-39)49-38)28-46-33(41)25-22-21-24-30(40)23-19-17-8-6-4-2/h30-32,35-40,43-45H,3-29H2,1-2H3/t30-,31+,32-,35-,36-,37-,38+/m0/s1. The van der Waals surface area contributed by atoms with Crippen LogP contribution in [0.1, 0.15) is 168 Å². The van der Waals surface area contributed by atoms with Crippen LogP contribution in [0.5, 0.6) is 0 Å². The monoisotopic (exact) mass is 705 g/mol. The van der Waals surface area contributed by atoms with E-state index < -0.39 is 55.4 Å². The van der Waals surface area contributed by atoms with Gasteiger partial charge in [-0.05, 0) is 25.7 Å². The quantitative estimate of drug-likeness (QED) is 0.0410. The fourth-order valence-corrected chi connectivity index (χ4v) is 6.09. The highest BCUT2D eigenvalue weighted by Crippen LogP contribution is 2.22. The second-order valence-electron chi connectivity index (χ2n) is 13.9. The minimum atomic E-state index is -1.61. The van der Waals surface area contributed by atoms with Crippen LogP contribution in [-0.4, -0.2) is 100 Å². The number of ether oxygens (including phenoxy) is 4. The van der Waals surface area contributed by atoms with Crippen molar-refractivity contribution in [3.05, 3.63) is 0 Å². The highest BCUT2D eigenvalue weighted by molar-refractivity contribution is 5.70. The van der Waals surface area contributed by atoms with Gasteiger partial charge in [-0.1, -0.05) is 129 Å². The number of unbranched alkanes of at least 4 members (excludes halogenated alkanes) is 17. The van der Waals surface area contributed by atoms with Crippen molar-refractivity contribution in [1.29, 1.82) is 0 Å². The average molecular weight is 705 g/mol. The Hall–Kier alpha value is -1.34. The summed E-state index contributed by atoms with van der Waals surface area (Å²) in [5.41, 5.74) is 0. The van der Waals surface area contributed by atoms with E-state index in [1.165, 1.54) is 77.0 Å². The van der Waals surface area contributed by atoms with E-state index in [1.807, 2.05) is 0 Å². The lowest BCUT2D eigenvalue weighted by atomic mass is 9.99. The van der Waals surface area contributed by atoms with E-state index in [0.717, 1.165) is 38.5 Å². The molecule has 1 fully saturated rings. The summed E-state index contributed by atoms with van der Waals surface area (Å²) in [5, 5.41) is 50.1. The van der Waals surface area contributed by atoms with Crippen molar-refractivity contribution in [1.82, 2.24) is 0 Å². The van der Waals surface area contributed by atoms with Gasteiger partial charge >= 0.3 is 11.9 Å². The zero-order valence-corrected chi connectivity index (χ0v) is 30.8. The Balaban J connectivity index is 2.42. The molecule has 0 spiro atoms. The molecule has 0 saturated carbocycles. The first-order valence-corrected chi connectivity index (χ1v) is 19.7. The second kappa shape index (κ2) is 30.3. The molecule has 0 aromatic rings. The predicted octanol–water partition coefficient (Wildman–Crippen LogP) is 6.02. The van der Waals surface area contributed by atoms with Crippen LogP contribution >= 0.6 is 0 Å². The Bertz CT molecular complexity index is 796. The fourth-order valence-electron chi connectivity index (χ4n) is 6.09. The summed E-state index contributed by atoms with van der Waals surface area (Å²) in [6.45, 7) is 3.24. The topological polar surface area (TPSA) is 172 Å².